The summed E-state index contributed by atoms with van der Waals surface area (Å²) in [5, 5.41) is 4.43. The van der Waals surface area contributed by atoms with Crippen molar-refractivity contribution >= 4 is 5.82 Å². The Kier molecular flexibility index (Phi) is 3.69. The summed E-state index contributed by atoms with van der Waals surface area (Å²) in [6.07, 6.45) is 6.97. The highest BCUT2D eigenvalue weighted by molar-refractivity contribution is 5.71. The van der Waals surface area contributed by atoms with Crippen LogP contribution >= 0.6 is 0 Å². The summed E-state index contributed by atoms with van der Waals surface area (Å²) in [5.74, 6) is 0.742. The van der Waals surface area contributed by atoms with Crippen molar-refractivity contribution in [3.8, 4) is 11.3 Å². The topological polar surface area (TPSA) is 61.7 Å². The van der Waals surface area contributed by atoms with Gasteiger partial charge in [0.05, 0.1) is 12.0 Å². The molecule has 5 heteroatoms. The van der Waals surface area contributed by atoms with Crippen LogP contribution in [0.25, 0.3) is 11.3 Å². The molecule has 0 amide bonds. The third-order valence-corrected chi connectivity index (χ3v) is 3.13. The normalized spacial score (nSPS) is 11.1. The van der Waals surface area contributed by atoms with Crippen LogP contribution in [0.1, 0.15) is 32.4 Å². The molecule has 18 heavy (non-hydrogen) atoms. The summed E-state index contributed by atoms with van der Waals surface area (Å²) in [6, 6.07) is 0. The van der Waals surface area contributed by atoms with Crippen LogP contribution in [0.3, 0.4) is 0 Å². The van der Waals surface area contributed by atoms with E-state index in [1.165, 1.54) is 0 Å². The average Bonchev–Trinajstić information content (AvgIpc) is 2.90. The van der Waals surface area contributed by atoms with E-state index in [4.69, 9.17) is 5.73 Å². The molecular weight excluding hydrogens is 226 g/mol. The van der Waals surface area contributed by atoms with Gasteiger partial charge in [-0.25, -0.2) is 4.98 Å². The Bertz CT molecular complexity index is 523. The van der Waals surface area contributed by atoms with Gasteiger partial charge < -0.3 is 10.3 Å². The fraction of sp³-hybridized carbons (Fsp3) is 0.538. The van der Waals surface area contributed by atoms with E-state index in [1.807, 2.05) is 28.8 Å². The highest BCUT2D eigenvalue weighted by atomic mass is 15.3. The standard InChI is InChI=1S/C13H21N5/c1-4-6-7-18-9-15-12(13(18)14)10-8-17(3)16-11(10)5-2/h8-9H,4-7,14H2,1-3H3. The number of rotatable bonds is 5. The second kappa shape index (κ2) is 5.25. The van der Waals surface area contributed by atoms with Crippen LogP contribution in [0.4, 0.5) is 5.82 Å². The van der Waals surface area contributed by atoms with Gasteiger partial charge in [0.15, 0.2) is 0 Å². The van der Waals surface area contributed by atoms with Gasteiger partial charge in [0.2, 0.25) is 0 Å². The Morgan fingerprint density at radius 3 is 2.78 bits per heavy atom. The summed E-state index contributed by atoms with van der Waals surface area (Å²) >= 11 is 0. The number of aryl methyl sites for hydroxylation is 3. The smallest absolute Gasteiger partial charge is 0.131 e. The van der Waals surface area contributed by atoms with Crippen molar-refractivity contribution in [2.45, 2.75) is 39.7 Å². The number of nitrogens with two attached hydrogens (primary N) is 1. The molecule has 0 spiro atoms. The first kappa shape index (κ1) is 12.7. The van der Waals surface area contributed by atoms with Crippen LogP contribution in [0.15, 0.2) is 12.5 Å². The van der Waals surface area contributed by atoms with Gasteiger partial charge in [0.1, 0.15) is 11.5 Å². The lowest BCUT2D eigenvalue weighted by Gasteiger charge is -2.04. The number of hydrogen-bond donors (Lipinski definition) is 1. The van der Waals surface area contributed by atoms with Gasteiger partial charge >= 0.3 is 0 Å². The maximum absolute atomic E-state index is 6.17. The molecule has 0 saturated heterocycles. The third-order valence-electron chi connectivity index (χ3n) is 3.13. The molecule has 0 aliphatic carbocycles. The minimum Gasteiger partial charge on any atom is -0.383 e. The zero-order valence-corrected chi connectivity index (χ0v) is 11.3. The molecule has 0 atom stereocenters. The molecule has 0 unspecified atom stereocenters. The number of imidazole rings is 1. The zero-order chi connectivity index (χ0) is 13.1. The van der Waals surface area contributed by atoms with Crippen LogP contribution in [-0.2, 0) is 20.0 Å². The van der Waals surface area contributed by atoms with E-state index in [0.717, 1.165) is 48.6 Å². The monoisotopic (exact) mass is 247 g/mol. The lowest BCUT2D eigenvalue weighted by molar-refractivity contribution is 0.637. The van der Waals surface area contributed by atoms with Gasteiger partial charge in [-0.2, -0.15) is 5.10 Å². The molecule has 2 N–H and O–H groups in total. The van der Waals surface area contributed by atoms with Crippen LogP contribution in [0.5, 0.6) is 0 Å². The number of unbranched alkanes of at least 4 members (excludes halogenated alkanes) is 1. The maximum Gasteiger partial charge on any atom is 0.131 e. The van der Waals surface area contributed by atoms with Gasteiger partial charge in [0, 0.05) is 25.4 Å². The molecule has 2 heterocycles. The van der Waals surface area contributed by atoms with E-state index in [2.05, 4.69) is 23.9 Å². The summed E-state index contributed by atoms with van der Waals surface area (Å²) in [7, 11) is 1.92. The molecule has 0 saturated carbocycles. The number of nitrogens with zero attached hydrogens (tertiary/aromatic N) is 4. The second-order valence-corrected chi connectivity index (χ2v) is 4.54. The maximum atomic E-state index is 6.17. The first-order chi connectivity index (χ1) is 8.67. The molecule has 5 nitrogen and oxygen atoms in total. The molecule has 2 aromatic rings. The van der Waals surface area contributed by atoms with Crippen molar-refractivity contribution in [1.29, 1.82) is 0 Å². The Morgan fingerprint density at radius 2 is 2.11 bits per heavy atom. The second-order valence-electron chi connectivity index (χ2n) is 4.54. The van der Waals surface area contributed by atoms with Crippen molar-refractivity contribution in [3.63, 3.8) is 0 Å². The fourth-order valence-corrected chi connectivity index (χ4v) is 2.10. The van der Waals surface area contributed by atoms with Crippen molar-refractivity contribution in [3.05, 3.63) is 18.2 Å². The van der Waals surface area contributed by atoms with Gasteiger partial charge in [-0.1, -0.05) is 20.3 Å². The Labute approximate surface area is 108 Å². The van der Waals surface area contributed by atoms with E-state index in [1.54, 1.807) is 0 Å². The highest BCUT2D eigenvalue weighted by Gasteiger charge is 2.15. The minimum absolute atomic E-state index is 0.742. The molecule has 2 aromatic heterocycles. The molecule has 0 fully saturated rings. The van der Waals surface area contributed by atoms with Crippen LogP contribution in [0, 0.1) is 0 Å². The quantitative estimate of drug-likeness (QED) is 0.881. The van der Waals surface area contributed by atoms with Crippen LogP contribution in [0.2, 0.25) is 0 Å². The van der Waals surface area contributed by atoms with Gasteiger partial charge in [0.25, 0.3) is 0 Å². The summed E-state index contributed by atoms with van der Waals surface area (Å²) in [5.41, 5.74) is 9.12. The largest absolute Gasteiger partial charge is 0.383 e. The van der Waals surface area contributed by atoms with Crippen LogP contribution in [-0.4, -0.2) is 19.3 Å². The fourth-order valence-electron chi connectivity index (χ4n) is 2.10. The molecule has 98 valence electrons. The molecule has 0 radical (unpaired) electrons. The molecule has 2 rings (SSSR count). The molecule has 0 aliphatic heterocycles. The summed E-state index contributed by atoms with van der Waals surface area (Å²) in [4.78, 5) is 4.45. The first-order valence-electron chi connectivity index (χ1n) is 6.50. The predicted octanol–water partition coefficient (Wildman–Crippen LogP) is 2.23. The van der Waals surface area contributed by atoms with E-state index in [0.29, 0.717) is 0 Å². The van der Waals surface area contributed by atoms with E-state index < -0.39 is 0 Å². The molecule has 0 aliphatic rings. The average molecular weight is 247 g/mol. The Morgan fingerprint density at radius 1 is 1.33 bits per heavy atom. The SMILES string of the molecule is CCCCn1cnc(-c2cn(C)nc2CC)c1N. The first-order valence-corrected chi connectivity index (χ1v) is 6.50. The number of hydrogen-bond acceptors (Lipinski definition) is 3. The Hall–Kier alpha value is -1.78. The van der Waals surface area contributed by atoms with Crippen molar-refractivity contribution in [2.24, 2.45) is 7.05 Å². The zero-order valence-electron chi connectivity index (χ0n) is 11.3. The van der Waals surface area contributed by atoms with E-state index in [-0.39, 0.29) is 0 Å². The minimum atomic E-state index is 0.742. The number of nitrogen functional groups attached to an aromatic ring is 1. The van der Waals surface area contributed by atoms with E-state index >= 15 is 0 Å². The predicted molar refractivity (Wildman–Crippen MR) is 73.1 cm³/mol. The van der Waals surface area contributed by atoms with Crippen molar-refractivity contribution in [2.75, 3.05) is 5.73 Å². The van der Waals surface area contributed by atoms with Gasteiger partial charge in [-0.15, -0.1) is 0 Å². The lowest BCUT2D eigenvalue weighted by Crippen LogP contribution is -2.02. The van der Waals surface area contributed by atoms with Crippen molar-refractivity contribution in [1.82, 2.24) is 19.3 Å². The highest BCUT2D eigenvalue weighted by Crippen LogP contribution is 2.27. The number of aromatic nitrogens is 4. The molecule has 0 bridgehead atoms. The third kappa shape index (κ3) is 2.25. The summed E-state index contributed by atoms with van der Waals surface area (Å²) < 4.78 is 3.84. The molecular formula is C13H21N5. The Balaban J connectivity index is 2.35. The van der Waals surface area contributed by atoms with Gasteiger partial charge in [-0.05, 0) is 12.8 Å². The van der Waals surface area contributed by atoms with Gasteiger partial charge in [-0.3, -0.25) is 4.68 Å². The van der Waals surface area contributed by atoms with Crippen molar-refractivity contribution < 1.29 is 0 Å². The molecule has 0 aromatic carbocycles. The van der Waals surface area contributed by atoms with Crippen LogP contribution < -0.4 is 5.73 Å². The number of anilines is 1. The lowest BCUT2D eigenvalue weighted by atomic mass is 10.1. The van der Waals surface area contributed by atoms with E-state index in [9.17, 15) is 0 Å². The summed E-state index contributed by atoms with van der Waals surface area (Å²) in [6.45, 7) is 5.19.